The number of esters is 1. The molecule has 2 fully saturated rings. The first-order valence-electron chi connectivity index (χ1n) is 15.2. The minimum Gasteiger partial charge on any atom is -0.484 e. The molecule has 2 amide bonds. The van der Waals surface area contributed by atoms with Crippen molar-refractivity contribution in [2.24, 2.45) is 0 Å². The van der Waals surface area contributed by atoms with Crippen LogP contribution in [0.4, 0.5) is 4.79 Å². The molecular weight excluding hydrogens is 620 g/mol. The van der Waals surface area contributed by atoms with E-state index in [1.807, 2.05) is 91.0 Å². The molecule has 11 heteroatoms. The number of amides is 2. The van der Waals surface area contributed by atoms with Crippen LogP contribution >= 0.6 is 11.8 Å². The number of alkyl carbamates (subject to hydrolysis) is 1. The molecular formula is C36H34N2O8S. The number of rotatable bonds is 9. The van der Waals surface area contributed by atoms with Crippen LogP contribution in [0.25, 0.3) is 0 Å². The number of thioether (sulfide) groups is 1. The van der Waals surface area contributed by atoms with E-state index in [0.717, 1.165) is 5.56 Å². The number of carbonyl (C=O) groups excluding carboxylic acids is 3. The van der Waals surface area contributed by atoms with E-state index in [1.165, 1.54) is 16.7 Å². The Morgan fingerprint density at radius 3 is 2.04 bits per heavy atom. The third kappa shape index (κ3) is 6.27. The van der Waals surface area contributed by atoms with Crippen molar-refractivity contribution in [3.8, 4) is 5.75 Å². The normalized spacial score (nSPS) is 20.7. The average Bonchev–Trinajstić information content (AvgIpc) is 3.07. The maximum Gasteiger partial charge on any atom is 0.408 e. The van der Waals surface area contributed by atoms with Gasteiger partial charge in [0.05, 0.1) is 5.56 Å². The number of ether oxygens (including phenoxy) is 3. The Hall–Kier alpha value is -4.90. The Morgan fingerprint density at radius 2 is 1.47 bits per heavy atom. The Bertz CT molecular complexity index is 1810. The first-order chi connectivity index (χ1) is 22.5. The van der Waals surface area contributed by atoms with Gasteiger partial charge in [0.25, 0.3) is 5.43 Å². The molecule has 3 atom stereocenters. The highest BCUT2D eigenvalue weighted by Gasteiger charge is 2.61. The van der Waals surface area contributed by atoms with Gasteiger partial charge in [0.2, 0.25) is 11.3 Å². The van der Waals surface area contributed by atoms with Crippen molar-refractivity contribution in [2.75, 3.05) is 12.3 Å². The predicted molar refractivity (Wildman–Crippen MR) is 176 cm³/mol. The zero-order valence-electron chi connectivity index (χ0n) is 26.1. The third-order valence-corrected chi connectivity index (χ3v) is 9.67. The fourth-order valence-electron chi connectivity index (χ4n) is 5.86. The molecule has 1 N–H and O–H groups in total. The zero-order valence-corrected chi connectivity index (χ0v) is 27.0. The van der Waals surface area contributed by atoms with Crippen molar-refractivity contribution in [3.63, 3.8) is 0 Å². The van der Waals surface area contributed by atoms with Gasteiger partial charge in [-0.05, 0) is 37.5 Å². The van der Waals surface area contributed by atoms with Gasteiger partial charge in [-0.3, -0.25) is 19.2 Å². The van der Waals surface area contributed by atoms with Gasteiger partial charge in [-0.15, -0.1) is 11.8 Å². The minimum atomic E-state index is -1.72. The van der Waals surface area contributed by atoms with Crippen LogP contribution < -0.4 is 20.9 Å². The maximum absolute atomic E-state index is 14.6. The van der Waals surface area contributed by atoms with Gasteiger partial charge in [0.1, 0.15) is 29.0 Å². The number of nitrogens with zero attached hydrogens (tertiary/aromatic N) is 1. The van der Waals surface area contributed by atoms with E-state index >= 15 is 0 Å². The summed E-state index contributed by atoms with van der Waals surface area (Å²) in [6.07, 6.45) is -1.57. The van der Waals surface area contributed by atoms with Crippen molar-refractivity contribution in [1.29, 1.82) is 0 Å². The molecule has 2 saturated heterocycles. The monoisotopic (exact) mass is 654 g/mol. The minimum absolute atomic E-state index is 0.000766. The van der Waals surface area contributed by atoms with Crippen molar-refractivity contribution < 1.29 is 28.6 Å². The summed E-state index contributed by atoms with van der Waals surface area (Å²) in [6, 6.07) is 26.6. The molecule has 2 unspecified atom stereocenters. The zero-order chi connectivity index (χ0) is 33.3. The molecule has 2 aliphatic rings. The van der Waals surface area contributed by atoms with Crippen LogP contribution in [0.5, 0.6) is 5.75 Å². The summed E-state index contributed by atoms with van der Waals surface area (Å²) in [5, 5.41) is 2.11. The molecule has 0 bridgehead atoms. The first kappa shape index (κ1) is 32.1. The van der Waals surface area contributed by atoms with Gasteiger partial charge in [-0.25, -0.2) is 4.79 Å². The fourth-order valence-corrected chi connectivity index (χ4v) is 7.41. The molecule has 242 valence electrons. The highest BCUT2D eigenvalue weighted by atomic mass is 32.2. The molecule has 2 aliphatic heterocycles. The smallest absolute Gasteiger partial charge is 0.408 e. The molecule has 0 aliphatic carbocycles. The van der Waals surface area contributed by atoms with Crippen molar-refractivity contribution in [1.82, 2.24) is 10.2 Å². The van der Waals surface area contributed by atoms with Gasteiger partial charge < -0.3 is 24.4 Å². The predicted octanol–water partition coefficient (Wildman–Crippen LogP) is 4.24. The van der Waals surface area contributed by atoms with E-state index in [1.54, 1.807) is 20.8 Å². The lowest BCUT2D eigenvalue weighted by molar-refractivity contribution is -0.159. The van der Waals surface area contributed by atoms with Crippen LogP contribution in [0, 0.1) is 0 Å². The lowest BCUT2D eigenvalue weighted by atomic mass is 9.77. The third-order valence-electron chi connectivity index (χ3n) is 8.15. The van der Waals surface area contributed by atoms with Gasteiger partial charge >= 0.3 is 12.1 Å². The first-order valence-corrected chi connectivity index (χ1v) is 16.3. The van der Waals surface area contributed by atoms with E-state index in [-0.39, 0.29) is 30.2 Å². The summed E-state index contributed by atoms with van der Waals surface area (Å²) >= 11 is 1.22. The second kappa shape index (κ2) is 12.7. The summed E-state index contributed by atoms with van der Waals surface area (Å²) in [4.78, 5) is 68.2. The quantitative estimate of drug-likeness (QED) is 0.160. The largest absolute Gasteiger partial charge is 0.484 e. The molecule has 0 aromatic heterocycles. The molecule has 6 rings (SSSR count). The van der Waals surface area contributed by atoms with E-state index in [0.29, 0.717) is 11.1 Å². The van der Waals surface area contributed by atoms with Gasteiger partial charge in [-0.1, -0.05) is 91.0 Å². The summed E-state index contributed by atoms with van der Waals surface area (Å²) in [7, 11) is 0. The molecule has 0 saturated carbocycles. The molecule has 4 aromatic carbocycles. The summed E-state index contributed by atoms with van der Waals surface area (Å²) in [5.41, 5.74) is -2.09. The SMILES string of the molecule is CC(C)(C)OC(=O)NC1C(=O)N2CC(C(=O)OC(c3ccccc3)c3ccccc3)(c3c(OCc4ccccc4)c(=O)c3=O)CS[C@H]12. The number of carbonyl (C=O) groups is 3. The van der Waals surface area contributed by atoms with Crippen LogP contribution in [-0.2, 0) is 31.1 Å². The number of hydrogen-bond donors (Lipinski definition) is 1. The Balaban J connectivity index is 1.34. The van der Waals surface area contributed by atoms with Gasteiger partial charge in [0, 0.05) is 12.3 Å². The number of fused-ring (bicyclic) bond motifs is 1. The van der Waals surface area contributed by atoms with Gasteiger partial charge in [-0.2, -0.15) is 0 Å². The Morgan fingerprint density at radius 1 is 0.894 bits per heavy atom. The van der Waals surface area contributed by atoms with Gasteiger partial charge in [0.15, 0.2) is 11.9 Å². The molecule has 47 heavy (non-hydrogen) atoms. The summed E-state index contributed by atoms with van der Waals surface area (Å²) < 4.78 is 17.5. The second-order valence-electron chi connectivity index (χ2n) is 12.6. The van der Waals surface area contributed by atoms with Crippen LogP contribution in [0.2, 0.25) is 0 Å². The van der Waals surface area contributed by atoms with E-state index in [4.69, 9.17) is 14.2 Å². The topological polar surface area (TPSA) is 128 Å². The fraction of sp³-hybridized carbons (Fsp3) is 0.306. The second-order valence-corrected chi connectivity index (χ2v) is 13.7. The average molecular weight is 655 g/mol. The molecule has 10 nitrogen and oxygen atoms in total. The number of hydrogen-bond acceptors (Lipinski definition) is 9. The maximum atomic E-state index is 14.6. The van der Waals surface area contributed by atoms with Crippen molar-refractivity contribution in [2.45, 2.75) is 55.9 Å². The molecule has 0 radical (unpaired) electrons. The highest BCUT2D eigenvalue weighted by molar-refractivity contribution is 8.00. The molecule has 2 heterocycles. The number of β-lactam (4-membered cyclic amide) rings is 1. The van der Waals surface area contributed by atoms with Crippen LogP contribution in [-0.4, -0.2) is 52.2 Å². The highest BCUT2D eigenvalue weighted by Crippen LogP contribution is 2.46. The van der Waals surface area contributed by atoms with Crippen LogP contribution in [0.15, 0.2) is 101 Å². The lowest BCUT2D eigenvalue weighted by Gasteiger charge is -2.54. The number of nitrogens with one attached hydrogen (secondary N) is 1. The lowest BCUT2D eigenvalue weighted by Crippen LogP contribution is -2.75. The standard InChI is InChI=1S/C36H34N2O8S/c1-35(2,3)46-34(43)37-26-31(41)38-20-36(21-47-32(26)38,25-27(39)28(40)30(25)44-19-22-13-7-4-8-14-22)33(42)45-29(23-15-9-5-10-16-23)24-17-11-6-12-18-24/h4-18,26,29,32H,19-21H2,1-3H3,(H,37,43)/t26?,32-,36?/m1/s1. The van der Waals surface area contributed by atoms with Crippen molar-refractivity contribution in [3.05, 3.63) is 134 Å². The van der Waals surface area contributed by atoms with E-state index in [9.17, 15) is 24.0 Å². The molecule has 4 aromatic rings. The van der Waals surface area contributed by atoms with E-state index < -0.39 is 57.4 Å². The Kier molecular flexibility index (Phi) is 8.67. The molecule has 0 spiro atoms. The number of benzene rings is 3. The summed E-state index contributed by atoms with van der Waals surface area (Å²) in [5.74, 6) is -1.43. The van der Waals surface area contributed by atoms with Crippen LogP contribution in [0.1, 0.15) is 49.1 Å². The van der Waals surface area contributed by atoms with Crippen molar-refractivity contribution >= 4 is 29.7 Å². The van der Waals surface area contributed by atoms with Crippen LogP contribution in [0.3, 0.4) is 0 Å². The van der Waals surface area contributed by atoms with E-state index in [2.05, 4.69) is 5.32 Å². The Labute approximate surface area is 275 Å². The summed E-state index contributed by atoms with van der Waals surface area (Å²) in [6.45, 7) is 4.92.